The molecule has 1 aliphatic heterocycles. The van der Waals surface area contributed by atoms with Gasteiger partial charge in [-0.05, 0) is 46.2 Å². The van der Waals surface area contributed by atoms with Gasteiger partial charge in [0.1, 0.15) is 16.7 Å². The molecule has 140 valence electrons. The molecule has 1 fully saturated rings. The molecule has 0 aromatic heterocycles. The SMILES string of the molecule is CCOC(=O)C1(c2ccc(C)cc2OCOC)CN1S(=O)C(C)(C)C. The van der Waals surface area contributed by atoms with Crippen molar-refractivity contribution in [2.75, 3.05) is 27.1 Å². The smallest absolute Gasteiger partial charge is 0.333 e. The maximum atomic E-state index is 12.9. The van der Waals surface area contributed by atoms with Gasteiger partial charge in [-0.1, -0.05) is 12.1 Å². The lowest BCUT2D eigenvalue weighted by molar-refractivity contribution is -0.147. The van der Waals surface area contributed by atoms with Crippen molar-refractivity contribution in [2.45, 2.75) is 44.9 Å². The summed E-state index contributed by atoms with van der Waals surface area (Å²) in [4.78, 5) is 12.8. The normalized spacial score (nSPS) is 23.8. The molecule has 0 spiro atoms. The maximum Gasteiger partial charge on any atom is 0.333 e. The van der Waals surface area contributed by atoms with Crippen LogP contribution in [0.1, 0.15) is 38.8 Å². The number of hydrogen-bond donors (Lipinski definition) is 0. The first-order chi connectivity index (χ1) is 11.7. The van der Waals surface area contributed by atoms with Gasteiger partial charge in [-0.25, -0.2) is 9.00 Å². The van der Waals surface area contributed by atoms with Crippen LogP contribution in [0.3, 0.4) is 0 Å². The summed E-state index contributed by atoms with van der Waals surface area (Å²) in [7, 11) is 0.191. The number of aryl methyl sites for hydroxylation is 1. The Balaban J connectivity index is 2.49. The largest absolute Gasteiger partial charge is 0.467 e. The molecule has 1 heterocycles. The molecule has 1 aliphatic rings. The number of rotatable bonds is 7. The lowest BCUT2D eigenvalue weighted by atomic mass is 9.97. The first kappa shape index (κ1) is 19.9. The van der Waals surface area contributed by atoms with Crippen LogP contribution in [0.5, 0.6) is 5.75 Å². The minimum Gasteiger partial charge on any atom is -0.467 e. The molecule has 6 nitrogen and oxygen atoms in total. The predicted molar refractivity (Wildman–Crippen MR) is 96.6 cm³/mol. The van der Waals surface area contributed by atoms with Gasteiger partial charge in [0.05, 0.1) is 11.4 Å². The Morgan fingerprint density at radius 2 is 2.04 bits per heavy atom. The van der Waals surface area contributed by atoms with Crippen LogP contribution in [0.25, 0.3) is 0 Å². The topological polar surface area (TPSA) is 64.8 Å². The fourth-order valence-corrected chi connectivity index (χ4v) is 4.08. The van der Waals surface area contributed by atoms with Crippen LogP contribution in [-0.4, -0.2) is 46.3 Å². The van der Waals surface area contributed by atoms with Gasteiger partial charge in [0.15, 0.2) is 12.3 Å². The molecule has 0 aliphatic carbocycles. The third-order valence-electron chi connectivity index (χ3n) is 3.95. The highest BCUT2D eigenvalue weighted by Gasteiger charge is 2.66. The molecular weight excluding hydrogens is 342 g/mol. The Morgan fingerprint density at radius 1 is 1.36 bits per heavy atom. The van der Waals surface area contributed by atoms with Crippen LogP contribution in [-0.2, 0) is 30.8 Å². The summed E-state index contributed by atoms with van der Waals surface area (Å²) in [6, 6.07) is 5.61. The molecule has 25 heavy (non-hydrogen) atoms. The van der Waals surface area contributed by atoms with E-state index in [0.717, 1.165) is 5.56 Å². The van der Waals surface area contributed by atoms with E-state index in [4.69, 9.17) is 14.2 Å². The first-order valence-electron chi connectivity index (χ1n) is 8.28. The monoisotopic (exact) mass is 369 g/mol. The highest BCUT2D eigenvalue weighted by Crippen LogP contribution is 2.50. The van der Waals surface area contributed by atoms with E-state index in [9.17, 15) is 9.00 Å². The first-order valence-corrected chi connectivity index (χ1v) is 9.39. The standard InChI is InChI=1S/C18H27NO5S/c1-7-23-16(20)18(11-19(18)25(21)17(3,4)5)14-9-8-13(2)10-15(14)24-12-22-6/h8-10H,7,11-12H2,1-6H3. The summed E-state index contributed by atoms with van der Waals surface area (Å²) in [6.07, 6.45) is 0. The molecule has 0 amide bonds. The van der Waals surface area contributed by atoms with E-state index in [1.807, 2.05) is 45.9 Å². The fourth-order valence-electron chi connectivity index (χ4n) is 2.66. The number of hydrogen-bond acceptors (Lipinski definition) is 5. The molecule has 7 heteroatoms. The van der Waals surface area contributed by atoms with Crippen molar-refractivity contribution in [1.29, 1.82) is 0 Å². The van der Waals surface area contributed by atoms with Gasteiger partial charge in [0.25, 0.3) is 0 Å². The molecule has 2 rings (SSSR count). The van der Waals surface area contributed by atoms with Crippen molar-refractivity contribution >= 4 is 17.0 Å². The van der Waals surface area contributed by atoms with Crippen LogP contribution >= 0.6 is 0 Å². The lowest BCUT2D eigenvalue weighted by Gasteiger charge is -2.24. The minimum atomic E-state index is -1.35. The van der Waals surface area contributed by atoms with Crippen LogP contribution in [0.15, 0.2) is 18.2 Å². The number of methoxy groups -OCH3 is 1. The second-order valence-corrected chi connectivity index (χ2v) is 9.19. The van der Waals surface area contributed by atoms with Gasteiger partial charge >= 0.3 is 5.97 Å². The van der Waals surface area contributed by atoms with Crippen molar-refractivity contribution < 1.29 is 23.2 Å². The molecular formula is C18H27NO5S. The molecule has 1 aromatic carbocycles. The van der Waals surface area contributed by atoms with E-state index in [1.165, 1.54) is 7.11 Å². The van der Waals surface area contributed by atoms with Gasteiger partial charge in [-0.2, -0.15) is 4.31 Å². The molecule has 3 atom stereocenters. The van der Waals surface area contributed by atoms with Crippen LogP contribution in [0, 0.1) is 6.92 Å². The summed E-state index contributed by atoms with van der Waals surface area (Å²) in [6.45, 7) is 10.0. The van der Waals surface area contributed by atoms with Crippen molar-refractivity contribution in [3.63, 3.8) is 0 Å². The Bertz CT molecular complexity index is 670. The van der Waals surface area contributed by atoms with Crippen molar-refractivity contribution in [3.8, 4) is 5.75 Å². The molecule has 3 unspecified atom stereocenters. The average Bonchev–Trinajstić information content (AvgIpc) is 3.28. The van der Waals surface area contributed by atoms with Crippen molar-refractivity contribution in [3.05, 3.63) is 29.3 Å². The summed E-state index contributed by atoms with van der Waals surface area (Å²) in [5.41, 5.74) is 0.578. The molecule has 1 aromatic rings. The van der Waals surface area contributed by atoms with Crippen LogP contribution in [0.2, 0.25) is 0 Å². The van der Waals surface area contributed by atoms with E-state index < -0.39 is 27.2 Å². The van der Waals surface area contributed by atoms with E-state index >= 15 is 0 Å². The highest BCUT2D eigenvalue weighted by atomic mass is 32.2. The zero-order valence-electron chi connectivity index (χ0n) is 15.8. The Morgan fingerprint density at radius 3 is 2.60 bits per heavy atom. The van der Waals surface area contributed by atoms with Gasteiger partial charge < -0.3 is 14.2 Å². The van der Waals surface area contributed by atoms with Crippen molar-refractivity contribution in [2.24, 2.45) is 0 Å². The Hall–Kier alpha value is -1.44. The highest BCUT2D eigenvalue weighted by molar-refractivity contribution is 7.84. The zero-order chi connectivity index (χ0) is 18.8. The zero-order valence-corrected chi connectivity index (χ0v) is 16.6. The summed E-state index contributed by atoms with van der Waals surface area (Å²) in [5.74, 6) is 0.141. The van der Waals surface area contributed by atoms with Crippen molar-refractivity contribution in [1.82, 2.24) is 4.31 Å². The van der Waals surface area contributed by atoms with E-state index in [0.29, 0.717) is 17.9 Å². The third kappa shape index (κ3) is 3.88. The molecule has 0 bridgehead atoms. The number of benzene rings is 1. The number of esters is 1. The minimum absolute atomic E-state index is 0.0672. The number of carbonyl (C=O) groups is 1. The third-order valence-corrected chi connectivity index (χ3v) is 5.84. The van der Waals surface area contributed by atoms with E-state index in [1.54, 1.807) is 11.2 Å². The molecule has 0 radical (unpaired) electrons. The van der Waals surface area contributed by atoms with Gasteiger partial charge in [0, 0.05) is 19.2 Å². The summed E-state index contributed by atoms with van der Waals surface area (Å²) in [5, 5.41) is 0. The summed E-state index contributed by atoms with van der Waals surface area (Å²) >= 11 is 0. The predicted octanol–water partition coefficient (Wildman–Crippen LogP) is 2.51. The van der Waals surface area contributed by atoms with Crippen LogP contribution in [0.4, 0.5) is 0 Å². The molecule has 1 saturated heterocycles. The van der Waals surface area contributed by atoms with E-state index in [2.05, 4.69) is 0 Å². The molecule has 0 saturated carbocycles. The van der Waals surface area contributed by atoms with Crippen LogP contribution < -0.4 is 4.74 Å². The number of carbonyl (C=O) groups excluding carboxylic acids is 1. The van der Waals surface area contributed by atoms with Gasteiger partial charge in [-0.15, -0.1) is 0 Å². The summed E-state index contributed by atoms with van der Waals surface area (Å²) < 4.78 is 30.1. The molecule has 0 N–H and O–H groups in total. The second-order valence-electron chi connectivity index (χ2n) is 7.03. The van der Waals surface area contributed by atoms with E-state index in [-0.39, 0.29) is 13.4 Å². The Kier molecular flexibility index (Phi) is 5.91. The second kappa shape index (κ2) is 7.43. The fraction of sp³-hybridized carbons (Fsp3) is 0.611. The number of nitrogens with zero attached hydrogens (tertiary/aromatic N) is 1. The quantitative estimate of drug-likeness (QED) is 0.420. The maximum absolute atomic E-state index is 12.9. The van der Waals surface area contributed by atoms with Gasteiger partial charge in [-0.3, -0.25) is 0 Å². The average molecular weight is 369 g/mol. The van der Waals surface area contributed by atoms with Gasteiger partial charge in [0.2, 0.25) is 0 Å². The Labute approximate surface area is 152 Å². The lowest BCUT2D eigenvalue weighted by Crippen LogP contribution is -2.36. The number of ether oxygens (including phenoxy) is 3.